The quantitative estimate of drug-likeness (QED) is 0.623. The fraction of sp³-hybridized carbons (Fsp3) is 0.647. The number of hydrogen-bond acceptors (Lipinski definition) is 4. The summed E-state index contributed by atoms with van der Waals surface area (Å²) >= 11 is 0. The fourth-order valence-electron chi connectivity index (χ4n) is 2.64. The summed E-state index contributed by atoms with van der Waals surface area (Å²) in [5.41, 5.74) is 1.41. The Hall–Kier alpha value is -1.66. The van der Waals surface area contributed by atoms with Gasteiger partial charge in [0.05, 0.1) is 13.2 Å². The number of fused-ring (bicyclic) bond motifs is 1. The minimum absolute atomic E-state index is 0.0585. The van der Waals surface area contributed by atoms with Gasteiger partial charge < -0.3 is 14.8 Å². The molecular weight excluding hydrogens is 294 g/mol. The van der Waals surface area contributed by atoms with Crippen LogP contribution >= 0.6 is 0 Å². The van der Waals surface area contributed by atoms with Crippen molar-refractivity contribution >= 4 is 11.0 Å². The molecule has 0 atom stereocenters. The second-order valence-corrected chi connectivity index (χ2v) is 5.87. The third-order valence-corrected chi connectivity index (χ3v) is 3.90. The highest BCUT2D eigenvalue weighted by Gasteiger charge is 2.06. The lowest BCUT2D eigenvalue weighted by atomic mass is 10.1. The molecule has 0 saturated carbocycles. The molecule has 128 valence electrons. The van der Waals surface area contributed by atoms with Crippen molar-refractivity contribution in [3.8, 4) is 0 Å². The molecule has 2 N–H and O–H groups in total. The molecule has 0 bridgehead atoms. The molecule has 2 rings (SSSR count). The SMILES string of the molecule is CCCCCCCCc1cc2cn(COCCO)c(=O)nc2[nH]1. The summed E-state index contributed by atoms with van der Waals surface area (Å²) in [6.45, 7) is 2.49. The Labute approximate surface area is 136 Å². The molecular formula is C17H27N3O3. The van der Waals surface area contributed by atoms with E-state index in [2.05, 4.69) is 23.0 Å². The number of rotatable bonds is 11. The van der Waals surface area contributed by atoms with Crippen LogP contribution in [0, 0.1) is 0 Å². The van der Waals surface area contributed by atoms with Gasteiger partial charge in [-0.05, 0) is 18.9 Å². The van der Waals surface area contributed by atoms with Gasteiger partial charge in [0, 0.05) is 17.3 Å². The molecule has 2 aromatic heterocycles. The summed E-state index contributed by atoms with van der Waals surface area (Å²) in [6, 6.07) is 2.05. The zero-order valence-electron chi connectivity index (χ0n) is 13.9. The summed E-state index contributed by atoms with van der Waals surface area (Å²) < 4.78 is 6.60. The van der Waals surface area contributed by atoms with E-state index in [9.17, 15) is 4.79 Å². The minimum atomic E-state index is -0.344. The van der Waals surface area contributed by atoms with Gasteiger partial charge in [-0.1, -0.05) is 39.0 Å². The Morgan fingerprint density at radius 3 is 2.83 bits per heavy atom. The van der Waals surface area contributed by atoms with E-state index in [-0.39, 0.29) is 25.6 Å². The molecule has 6 nitrogen and oxygen atoms in total. The first-order chi connectivity index (χ1) is 11.2. The number of aliphatic hydroxyl groups excluding tert-OH is 1. The Balaban J connectivity index is 1.91. The molecule has 0 saturated heterocycles. The van der Waals surface area contributed by atoms with Crippen molar-refractivity contribution in [3.63, 3.8) is 0 Å². The molecule has 0 spiro atoms. The predicted molar refractivity (Wildman–Crippen MR) is 90.5 cm³/mol. The maximum absolute atomic E-state index is 11.9. The van der Waals surface area contributed by atoms with Gasteiger partial charge in [-0.3, -0.25) is 4.57 Å². The number of aliphatic hydroxyl groups is 1. The van der Waals surface area contributed by atoms with E-state index < -0.39 is 0 Å². The monoisotopic (exact) mass is 321 g/mol. The first kappa shape index (κ1) is 17.7. The average Bonchev–Trinajstić information content (AvgIpc) is 2.92. The summed E-state index contributed by atoms with van der Waals surface area (Å²) in [5, 5.41) is 9.62. The highest BCUT2D eigenvalue weighted by atomic mass is 16.5. The van der Waals surface area contributed by atoms with Gasteiger partial charge >= 0.3 is 5.69 Å². The molecule has 0 aromatic carbocycles. The number of ether oxygens (including phenoxy) is 1. The lowest BCUT2D eigenvalue weighted by molar-refractivity contribution is 0.0460. The summed E-state index contributed by atoms with van der Waals surface area (Å²) in [6.07, 6.45) is 10.3. The molecule has 0 amide bonds. The first-order valence-electron chi connectivity index (χ1n) is 8.52. The van der Waals surface area contributed by atoms with Gasteiger partial charge in [-0.2, -0.15) is 4.98 Å². The zero-order chi connectivity index (χ0) is 16.5. The van der Waals surface area contributed by atoms with Gasteiger partial charge in [-0.15, -0.1) is 0 Å². The van der Waals surface area contributed by atoms with Crippen LogP contribution in [-0.4, -0.2) is 32.9 Å². The van der Waals surface area contributed by atoms with Gasteiger partial charge in [0.15, 0.2) is 0 Å². The number of aromatic nitrogens is 3. The number of hydrogen-bond donors (Lipinski definition) is 2. The van der Waals surface area contributed by atoms with E-state index >= 15 is 0 Å². The van der Waals surface area contributed by atoms with Crippen molar-refractivity contribution in [1.82, 2.24) is 14.5 Å². The Morgan fingerprint density at radius 1 is 1.26 bits per heavy atom. The Kier molecular flexibility index (Phi) is 7.29. The topological polar surface area (TPSA) is 80.1 Å². The van der Waals surface area contributed by atoms with Crippen molar-refractivity contribution in [2.45, 2.75) is 58.6 Å². The molecule has 0 aliphatic rings. The highest BCUT2D eigenvalue weighted by molar-refractivity contribution is 5.75. The van der Waals surface area contributed by atoms with E-state index in [4.69, 9.17) is 9.84 Å². The third-order valence-electron chi connectivity index (χ3n) is 3.90. The summed E-state index contributed by atoms with van der Waals surface area (Å²) in [5.74, 6) is 0. The van der Waals surface area contributed by atoms with Crippen LogP contribution in [0.15, 0.2) is 17.1 Å². The molecule has 2 heterocycles. The molecule has 2 aromatic rings. The molecule has 0 unspecified atom stereocenters. The van der Waals surface area contributed by atoms with Crippen LogP contribution in [0.2, 0.25) is 0 Å². The van der Waals surface area contributed by atoms with E-state index in [1.807, 2.05) is 0 Å². The van der Waals surface area contributed by atoms with Crippen LogP contribution < -0.4 is 5.69 Å². The van der Waals surface area contributed by atoms with Crippen molar-refractivity contribution in [2.75, 3.05) is 13.2 Å². The van der Waals surface area contributed by atoms with Crippen LogP contribution in [-0.2, 0) is 17.9 Å². The van der Waals surface area contributed by atoms with E-state index in [0.717, 1.165) is 23.9 Å². The van der Waals surface area contributed by atoms with E-state index in [1.54, 1.807) is 6.20 Å². The number of aryl methyl sites for hydroxylation is 1. The summed E-state index contributed by atoms with van der Waals surface area (Å²) in [7, 11) is 0. The van der Waals surface area contributed by atoms with E-state index in [0.29, 0.717) is 5.65 Å². The largest absolute Gasteiger partial charge is 0.394 e. The van der Waals surface area contributed by atoms with E-state index in [1.165, 1.54) is 36.7 Å². The van der Waals surface area contributed by atoms with Gasteiger partial charge in [-0.25, -0.2) is 4.79 Å². The Morgan fingerprint density at radius 2 is 2.04 bits per heavy atom. The van der Waals surface area contributed by atoms with Crippen molar-refractivity contribution < 1.29 is 9.84 Å². The molecule has 0 radical (unpaired) electrons. The van der Waals surface area contributed by atoms with Crippen molar-refractivity contribution in [2.24, 2.45) is 0 Å². The van der Waals surface area contributed by atoms with Crippen LogP contribution in [0.3, 0.4) is 0 Å². The number of nitrogens with zero attached hydrogens (tertiary/aromatic N) is 2. The smallest absolute Gasteiger partial charge is 0.351 e. The minimum Gasteiger partial charge on any atom is -0.394 e. The third kappa shape index (κ3) is 5.48. The number of nitrogens with one attached hydrogen (secondary N) is 1. The lowest BCUT2D eigenvalue weighted by Gasteiger charge is -2.04. The average molecular weight is 321 g/mol. The van der Waals surface area contributed by atoms with Gasteiger partial charge in [0.1, 0.15) is 12.4 Å². The fourth-order valence-corrected chi connectivity index (χ4v) is 2.64. The standard InChI is InChI=1S/C17H27N3O3/c1-2-3-4-5-6-7-8-15-11-14-12-20(13-23-10-9-21)17(22)19-16(14)18-15/h11-12,21H,2-10,13H2,1H3,(H,18,19,22). The second kappa shape index (κ2) is 9.47. The number of H-pyrrole nitrogens is 1. The van der Waals surface area contributed by atoms with Crippen LogP contribution in [0.4, 0.5) is 0 Å². The highest BCUT2D eigenvalue weighted by Crippen LogP contribution is 2.14. The molecule has 0 aliphatic heterocycles. The van der Waals surface area contributed by atoms with Crippen LogP contribution in [0.1, 0.15) is 51.1 Å². The maximum Gasteiger partial charge on any atom is 0.351 e. The van der Waals surface area contributed by atoms with Gasteiger partial charge in [0.25, 0.3) is 0 Å². The van der Waals surface area contributed by atoms with Gasteiger partial charge in [0.2, 0.25) is 0 Å². The van der Waals surface area contributed by atoms with Crippen molar-refractivity contribution in [1.29, 1.82) is 0 Å². The van der Waals surface area contributed by atoms with Crippen LogP contribution in [0.5, 0.6) is 0 Å². The van der Waals surface area contributed by atoms with Crippen molar-refractivity contribution in [3.05, 3.63) is 28.4 Å². The lowest BCUT2D eigenvalue weighted by Crippen LogP contribution is -2.23. The van der Waals surface area contributed by atoms with Crippen LogP contribution in [0.25, 0.3) is 11.0 Å². The molecule has 0 fully saturated rings. The predicted octanol–water partition coefficient (Wildman–Crippen LogP) is 2.59. The molecule has 0 aliphatic carbocycles. The number of unbranched alkanes of at least 4 members (excludes halogenated alkanes) is 5. The normalized spacial score (nSPS) is 11.4. The molecule has 6 heteroatoms. The maximum atomic E-state index is 11.9. The number of aromatic amines is 1. The zero-order valence-corrected chi connectivity index (χ0v) is 13.9. The second-order valence-electron chi connectivity index (χ2n) is 5.87. The molecule has 23 heavy (non-hydrogen) atoms. The summed E-state index contributed by atoms with van der Waals surface area (Å²) in [4.78, 5) is 19.2. The Bertz CT molecular complexity index is 648. The first-order valence-corrected chi connectivity index (χ1v) is 8.52.